The molecule has 1 aromatic heterocycles. The fraction of sp³-hybridized carbons (Fsp3) is 0.400. The Morgan fingerprint density at radius 1 is 1.28 bits per heavy atom. The van der Waals surface area contributed by atoms with Crippen molar-refractivity contribution in [2.45, 2.75) is 26.3 Å². The molecule has 1 atom stereocenters. The third-order valence-corrected chi connectivity index (χ3v) is 3.09. The molecule has 2 aromatic rings. The molecule has 0 saturated heterocycles. The van der Waals surface area contributed by atoms with E-state index < -0.39 is 0 Å². The van der Waals surface area contributed by atoms with Gasteiger partial charge in [0.05, 0.1) is 11.7 Å². The zero-order valence-corrected chi connectivity index (χ0v) is 11.4. The van der Waals surface area contributed by atoms with E-state index in [9.17, 15) is 0 Å². The first-order valence-electron chi connectivity index (χ1n) is 6.51. The van der Waals surface area contributed by atoms with Crippen LogP contribution in [-0.4, -0.2) is 16.3 Å². The van der Waals surface area contributed by atoms with Gasteiger partial charge in [0.2, 0.25) is 0 Å². The zero-order valence-electron chi connectivity index (χ0n) is 11.4. The Balaban J connectivity index is 2.34. The average Bonchev–Trinajstić information content (AvgIpc) is 2.70. The molecular formula is C15H21N3. The number of hydrogen-bond donors (Lipinski definition) is 1. The first-order chi connectivity index (χ1) is 8.72. The molecule has 18 heavy (non-hydrogen) atoms. The lowest BCUT2D eigenvalue weighted by molar-refractivity contribution is 0.596. The lowest BCUT2D eigenvalue weighted by atomic mass is 9.99. The Morgan fingerprint density at radius 2 is 2.00 bits per heavy atom. The van der Waals surface area contributed by atoms with Crippen LogP contribution in [-0.2, 0) is 7.05 Å². The summed E-state index contributed by atoms with van der Waals surface area (Å²) in [5, 5.41) is 8.05. The van der Waals surface area contributed by atoms with Gasteiger partial charge in [-0.1, -0.05) is 37.3 Å². The minimum Gasteiger partial charge on any atom is -0.306 e. The van der Waals surface area contributed by atoms with Crippen LogP contribution in [0.2, 0.25) is 0 Å². The molecule has 0 aliphatic rings. The summed E-state index contributed by atoms with van der Waals surface area (Å²) in [6, 6.07) is 10.8. The molecule has 0 aliphatic carbocycles. The monoisotopic (exact) mass is 243 g/mol. The second-order valence-electron chi connectivity index (χ2n) is 4.64. The van der Waals surface area contributed by atoms with Crippen LogP contribution in [0, 0.1) is 6.92 Å². The lowest BCUT2D eigenvalue weighted by Gasteiger charge is -2.18. The number of nitrogens with zero attached hydrogens (tertiary/aromatic N) is 2. The number of nitrogens with one attached hydrogen (secondary N) is 1. The molecule has 1 aromatic carbocycles. The highest BCUT2D eigenvalue weighted by Crippen LogP contribution is 2.23. The predicted molar refractivity (Wildman–Crippen MR) is 74.5 cm³/mol. The van der Waals surface area contributed by atoms with E-state index in [1.165, 1.54) is 11.1 Å². The van der Waals surface area contributed by atoms with Crippen LogP contribution in [0.4, 0.5) is 0 Å². The average molecular weight is 243 g/mol. The highest BCUT2D eigenvalue weighted by atomic mass is 15.3. The fourth-order valence-electron chi connectivity index (χ4n) is 2.24. The molecular weight excluding hydrogens is 222 g/mol. The summed E-state index contributed by atoms with van der Waals surface area (Å²) in [7, 11) is 1.97. The van der Waals surface area contributed by atoms with E-state index in [1.807, 2.05) is 11.7 Å². The summed E-state index contributed by atoms with van der Waals surface area (Å²) < 4.78 is 1.88. The van der Waals surface area contributed by atoms with Crippen LogP contribution in [0.25, 0.3) is 0 Å². The second-order valence-corrected chi connectivity index (χ2v) is 4.64. The largest absolute Gasteiger partial charge is 0.306 e. The molecule has 3 nitrogen and oxygen atoms in total. The van der Waals surface area contributed by atoms with E-state index in [2.05, 4.69) is 60.8 Å². The maximum absolute atomic E-state index is 4.44. The minimum atomic E-state index is 0.236. The van der Waals surface area contributed by atoms with Crippen molar-refractivity contribution in [1.82, 2.24) is 15.1 Å². The molecule has 96 valence electrons. The smallest absolute Gasteiger partial charge is 0.0644 e. The first kappa shape index (κ1) is 12.8. The Bertz CT molecular complexity index is 488. The Morgan fingerprint density at radius 3 is 2.56 bits per heavy atom. The van der Waals surface area contributed by atoms with Crippen LogP contribution in [0.5, 0.6) is 0 Å². The third-order valence-electron chi connectivity index (χ3n) is 3.09. The zero-order chi connectivity index (χ0) is 13.0. The molecule has 0 amide bonds. The molecule has 2 rings (SSSR count). The lowest BCUT2D eigenvalue weighted by Crippen LogP contribution is -2.23. The van der Waals surface area contributed by atoms with E-state index in [-0.39, 0.29) is 6.04 Å². The van der Waals surface area contributed by atoms with Gasteiger partial charge in [0.1, 0.15) is 0 Å². The third kappa shape index (κ3) is 2.79. The number of aromatic nitrogens is 2. The summed E-state index contributed by atoms with van der Waals surface area (Å²) in [4.78, 5) is 0. The first-order valence-corrected chi connectivity index (χ1v) is 6.51. The van der Waals surface area contributed by atoms with Gasteiger partial charge in [-0.05, 0) is 25.5 Å². The van der Waals surface area contributed by atoms with Gasteiger partial charge in [0.25, 0.3) is 0 Å². The maximum Gasteiger partial charge on any atom is 0.0644 e. The van der Waals surface area contributed by atoms with E-state index in [0.29, 0.717) is 0 Å². The van der Waals surface area contributed by atoms with Crippen molar-refractivity contribution in [3.05, 3.63) is 53.3 Å². The van der Waals surface area contributed by atoms with Crippen molar-refractivity contribution in [2.75, 3.05) is 6.54 Å². The molecule has 0 aliphatic heterocycles. The minimum absolute atomic E-state index is 0.236. The van der Waals surface area contributed by atoms with Crippen molar-refractivity contribution in [1.29, 1.82) is 0 Å². The Labute approximate surface area is 109 Å². The normalized spacial score (nSPS) is 12.6. The van der Waals surface area contributed by atoms with E-state index in [0.717, 1.165) is 18.7 Å². The molecule has 1 unspecified atom stereocenters. The van der Waals surface area contributed by atoms with Crippen molar-refractivity contribution < 1.29 is 0 Å². The Hall–Kier alpha value is -1.61. The highest BCUT2D eigenvalue weighted by molar-refractivity contribution is 5.32. The molecule has 0 radical (unpaired) electrons. The maximum atomic E-state index is 4.44. The summed E-state index contributed by atoms with van der Waals surface area (Å²) in [5.41, 5.74) is 3.65. The molecule has 0 bridgehead atoms. The summed E-state index contributed by atoms with van der Waals surface area (Å²) >= 11 is 0. The van der Waals surface area contributed by atoms with Crippen LogP contribution in [0.1, 0.15) is 36.2 Å². The molecule has 1 N–H and O–H groups in total. The number of aryl methyl sites for hydroxylation is 2. The summed E-state index contributed by atoms with van der Waals surface area (Å²) in [5.74, 6) is 0. The molecule has 0 spiro atoms. The SMILES string of the molecule is CCCNC(c1ccccc1)c1cn(C)nc1C. The number of benzene rings is 1. The van der Waals surface area contributed by atoms with Gasteiger partial charge in [0, 0.05) is 18.8 Å². The van der Waals surface area contributed by atoms with E-state index >= 15 is 0 Å². The van der Waals surface area contributed by atoms with Gasteiger partial charge < -0.3 is 5.32 Å². The molecule has 3 heteroatoms. The summed E-state index contributed by atoms with van der Waals surface area (Å²) in [6.45, 7) is 5.26. The second kappa shape index (κ2) is 5.83. The highest BCUT2D eigenvalue weighted by Gasteiger charge is 2.17. The van der Waals surface area contributed by atoms with E-state index in [4.69, 9.17) is 0 Å². The van der Waals surface area contributed by atoms with Gasteiger partial charge in [-0.25, -0.2) is 0 Å². The topological polar surface area (TPSA) is 29.9 Å². The van der Waals surface area contributed by atoms with Gasteiger partial charge in [0.15, 0.2) is 0 Å². The van der Waals surface area contributed by atoms with Crippen LogP contribution in [0.3, 0.4) is 0 Å². The quantitative estimate of drug-likeness (QED) is 0.875. The van der Waals surface area contributed by atoms with E-state index in [1.54, 1.807) is 0 Å². The molecule has 0 saturated carbocycles. The molecule has 1 heterocycles. The Kier molecular flexibility index (Phi) is 4.15. The summed E-state index contributed by atoms with van der Waals surface area (Å²) in [6.07, 6.45) is 3.23. The van der Waals surface area contributed by atoms with Gasteiger partial charge in [-0.3, -0.25) is 4.68 Å². The van der Waals surface area contributed by atoms with Crippen molar-refractivity contribution in [2.24, 2.45) is 7.05 Å². The van der Waals surface area contributed by atoms with Crippen molar-refractivity contribution >= 4 is 0 Å². The van der Waals surface area contributed by atoms with Crippen molar-refractivity contribution in [3.63, 3.8) is 0 Å². The van der Waals surface area contributed by atoms with Crippen LogP contribution in [0.15, 0.2) is 36.5 Å². The van der Waals surface area contributed by atoms with Gasteiger partial charge in [-0.15, -0.1) is 0 Å². The van der Waals surface area contributed by atoms with Crippen LogP contribution < -0.4 is 5.32 Å². The number of hydrogen-bond acceptors (Lipinski definition) is 2. The van der Waals surface area contributed by atoms with Gasteiger partial charge in [-0.2, -0.15) is 5.10 Å². The standard InChI is InChI=1S/C15H21N3/c1-4-10-16-15(13-8-6-5-7-9-13)14-11-18(3)17-12(14)2/h5-9,11,15-16H,4,10H2,1-3H3. The predicted octanol–water partition coefficient (Wildman–Crippen LogP) is 2.82. The fourth-order valence-corrected chi connectivity index (χ4v) is 2.24. The number of rotatable bonds is 5. The molecule has 0 fully saturated rings. The van der Waals surface area contributed by atoms with Crippen LogP contribution >= 0.6 is 0 Å². The van der Waals surface area contributed by atoms with Crippen molar-refractivity contribution in [3.8, 4) is 0 Å². The van der Waals surface area contributed by atoms with Gasteiger partial charge >= 0.3 is 0 Å².